The molecule has 0 saturated carbocycles. The first-order valence-corrected chi connectivity index (χ1v) is 15.7. The summed E-state index contributed by atoms with van der Waals surface area (Å²) in [6.45, 7) is 5.11. The van der Waals surface area contributed by atoms with Crippen LogP contribution in [0.15, 0.2) is 11.4 Å². The van der Waals surface area contributed by atoms with E-state index in [0.29, 0.717) is 35.2 Å². The predicted molar refractivity (Wildman–Crippen MR) is 153 cm³/mol. The molecule has 0 aromatic carbocycles. The lowest BCUT2D eigenvalue weighted by Crippen LogP contribution is -2.06. The van der Waals surface area contributed by atoms with Crippen LogP contribution in [-0.4, -0.2) is 44.7 Å². The van der Waals surface area contributed by atoms with E-state index in [1.54, 1.807) is 11.6 Å². The van der Waals surface area contributed by atoms with Crippen LogP contribution in [0.5, 0.6) is 5.88 Å². The van der Waals surface area contributed by atoms with Crippen molar-refractivity contribution in [1.82, 2.24) is 19.7 Å². The SMILES string of the molecule is CCCCCCCCCCCCCCCCCCCOc1c2ncnc(SCC(=O)OCC)c2nn1C. The first kappa shape index (κ1) is 31.4. The molecule has 0 N–H and O–H groups in total. The topological polar surface area (TPSA) is 79.1 Å². The third-order valence-electron chi connectivity index (χ3n) is 6.65. The van der Waals surface area contributed by atoms with Gasteiger partial charge in [-0.05, 0) is 13.3 Å². The summed E-state index contributed by atoms with van der Waals surface area (Å²) in [5, 5.41) is 5.20. The molecule has 2 aromatic heterocycles. The highest BCUT2D eigenvalue weighted by Gasteiger charge is 2.17. The molecule has 2 rings (SSSR count). The minimum Gasteiger partial charge on any atom is -0.476 e. The molecule has 0 radical (unpaired) electrons. The zero-order valence-electron chi connectivity index (χ0n) is 23.6. The molecule has 37 heavy (non-hydrogen) atoms. The number of thioether (sulfide) groups is 1. The van der Waals surface area contributed by atoms with Crippen LogP contribution in [0.25, 0.3) is 11.0 Å². The van der Waals surface area contributed by atoms with Crippen molar-refractivity contribution in [2.75, 3.05) is 19.0 Å². The molecule has 0 bridgehead atoms. The van der Waals surface area contributed by atoms with Gasteiger partial charge in [0.25, 0.3) is 0 Å². The monoisotopic (exact) mass is 534 g/mol. The number of fused-ring (bicyclic) bond motifs is 1. The number of aryl methyl sites for hydroxylation is 1. The molecule has 0 aliphatic rings. The Bertz CT molecular complexity index is 874. The molecule has 0 saturated heterocycles. The number of carbonyl (C=O) groups is 1. The Balaban J connectivity index is 1.50. The Hall–Kier alpha value is -1.83. The number of aromatic nitrogens is 4. The van der Waals surface area contributed by atoms with Crippen LogP contribution in [0.3, 0.4) is 0 Å². The fourth-order valence-corrected chi connectivity index (χ4v) is 5.28. The summed E-state index contributed by atoms with van der Waals surface area (Å²) in [5.74, 6) is 0.601. The number of hydrogen-bond donors (Lipinski definition) is 0. The molecule has 0 atom stereocenters. The van der Waals surface area contributed by atoms with Gasteiger partial charge in [0.05, 0.1) is 19.0 Å². The quantitative estimate of drug-likeness (QED) is 0.0617. The Labute approximate surface area is 228 Å². The molecule has 0 unspecified atom stereocenters. The number of hydrogen-bond acceptors (Lipinski definition) is 7. The summed E-state index contributed by atoms with van der Waals surface area (Å²) in [4.78, 5) is 20.3. The molecular weight excluding hydrogens is 484 g/mol. The first-order valence-electron chi connectivity index (χ1n) is 14.8. The van der Waals surface area contributed by atoms with Crippen molar-refractivity contribution in [2.24, 2.45) is 7.05 Å². The predicted octanol–water partition coefficient (Wildman–Crippen LogP) is 8.05. The molecule has 0 aliphatic carbocycles. The number of ether oxygens (including phenoxy) is 2. The van der Waals surface area contributed by atoms with Crippen molar-refractivity contribution in [3.63, 3.8) is 0 Å². The van der Waals surface area contributed by atoms with E-state index in [1.165, 1.54) is 121 Å². The zero-order valence-corrected chi connectivity index (χ0v) is 24.5. The fourth-order valence-electron chi connectivity index (χ4n) is 4.55. The highest BCUT2D eigenvalue weighted by Crippen LogP contribution is 2.29. The number of rotatable bonds is 23. The van der Waals surface area contributed by atoms with E-state index in [4.69, 9.17) is 9.47 Å². The average Bonchev–Trinajstić information content (AvgIpc) is 3.22. The van der Waals surface area contributed by atoms with Gasteiger partial charge in [-0.25, -0.2) is 14.6 Å². The summed E-state index contributed by atoms with van der Waals surface area (Å²) in [6.07, 6.45) is 24.6. The molecule has 2 heterocycles. The van der Waals surface area contributed by atoms with Gasteiger partial charge in [-0.2, -0.15) is 5.10 Å². The second-order valence-corrected chi connectivity index (χ2v) is 10.9. The Morgan fingerprint density at radius 3 is 1.86 bits per heavy atom. The lowest BCUT2D eigenvalue weighted by Gasteiger charge is -2.06. The van der Waals surface area contributed by atoms with Crippen LogP contribution in [0.1, 0.15) is 123 Å². The van der Waals surface area contributed by atoms with E-state index in [9.17, 15) is 4.79 Å². The largest absolute Gasteiger partial charge is 0.476 e. The van der Waals surface area contributed by atoms with E-state index in [-0.39, 0.29) is 11.7 Å². The molecule has 210 valence electrons. The Morgan fingerprint density at radius 1 is 0.784 bits per heavy atom. The average molecular weight is 535 g/mol. The summed E-state index contributed by atoms with van der Waals surface area (Å²) >= 11 is 1.31. The maximum absolute atomic E-state index is 11.7. The third-order valence-corrected chi connectivity index (χ3v) is 7.61. The van der Waals surface area contributed by atoms with Gasteiger partial charge in [0.1, 0.15) is 16.9 Å². The van der Waals surface area contributed by atoms with Gasteiger partial charge in [0, 0.05) is 7.05 Å². The van der Waals surface area contributed by atoms with Crippen LogP contribution >= 0.6 is 11.8 Å². The van der Waals surface area contributed by atoms with E-state index in [2.05, 4.69) is 22.0 Å². The van der Waals surface area contributed by atoms with Crippen molar-refractivity contribution in [1.29, 1.82) is 0 Å². The molecule has 0 amide bonds. The van der Waals surface area contributed by atoms with E-state index < -0.39 is 0 Å². The smallest absolute Gasteiger partial charge is 0.316 e. The highest BCUT2D eigenvalue weighted by molar-refractivity contribution is 8.00. The van der Waals surface area contributed by atoms with E-state index in [0.717, 1.165) is 6.42 Å². The van der Waals surface area contributed by atoms with Crippen LogP contribution in [0, 0.1) is 0 Å². The van der Waals surface area contributed by atoms with Crippen LogP contribution in [0.4, 0.5) is 0 Å². The summed E-state index contributed by atoms with van der Waals surface area (Å²) in [7, 11) is 1.85. The minimum atomic E-state index is -0.259. The standard InChI is InChI=1S/C29H50N4O3S/c1-4-6-7-8-9-10-11-12-13-14-15-16-17-18-19-20-21-22-36-29-27-26(32-33(29)3)28(31-24-30-27)37-23-25(34)35-5-2/h24H,4-23H2,1-3H3. The molecule has 2 aromatic rings. The maximum Gasteiger partial charge on any atom is 0.316 e. The second-order valence-electron chi connectivity index (χ2n) is 9.90. The molecular formula is C29H50N4O3S. The van der Waals surface area contributed by atoms with Crippen molar-refractivity contribution in [2.45, 2.75) is 128 Å². The number of nitrogens with zero attached hydrogens (tertiary/aromatic N) is 4. The summed E-state index contributed by atoms with van der Waals surface area (Å²) < 4.78 is 12.7. The molecule has 0 fully saturated rings. The van der Waals surface area contributed by atoms with Gasteiger partial charge in [-0.15, -0.1) is 0 Å². The number of unbranched alkanes of at least 4 members (excludes halogenated alkanes) is 16. The van der Waals surface area contributed by atoms with Gasteiger partial charge in [-0.3, -0.25) is 4.79 Å². The van der Waals surface area contributed by atoms with Crippen molar-refractivity contribution < 1.29 is 14.3 Å². The molecule has 0 spiro atoms. The third kappa shape index (κ3) is 13.0. The van der Waals surface area contributed by atoms with Gasteiger partial charge >= 0.3 is 5.97 Å². The number of esters is 1. The lowest BCUT2D eigenvalue weighted by molar-refractivity contribution is -0.139. The van der Waals surface area contributed by atoms with Crippen molar-refractivity contribution in [3.8, 4) is 5.88 Å². The minimum absolute atomic E-state index is 0.200. The van der Waals surface area contributed by atoms with Crippen LogP contribution in [-0.2, 0) is 16.6 Å². The van der Waals surface area contributed by atoms with E-state index in [1.807, 2.05) is 7.05 Å². The molecule has 8 heteroatoms. The van der Waals surface area contributed by atoms with Crippen LogP contribution in [0.2, 0.25) is 0 Å². The second kappa shape index (κ2) is 20.2. The van der Waals surface area contributed by atoms with Gasteiger partial charge in [-0.1, -0.05) is 121 Å². The number of carbonyl (C=O) groups excluding carboxylic acids is 1. The van der Waals surface area contributed by atoms with Crippen molar-refractivity contribution in [3.05, 3.63) is 6.33 Å². The zero-order chi connectivity index (χ0) is 26.6. The van der Waals surface area contributed by atoms with Gasteiger partial charge in [0.15, 0.2) is 5.52 Å². The van der Waals surface area contributed by atoms with E-state index >= 15 is 0 Å². The Kier molecular flexibility index (Phi) is 17.1. The Morgan fingerprint density at radius 2 is 1.32 bits per heavy atom. The highest BCUT2D eigenvalue weighted by atomic mass is 32.2. The first-order chi connectivity index (χ1) is 18.2. The van der Waals surface area contributed by atoms with Crippen molar-refractivity contribution >= 4 is 28.8 Å². The normalized spacial score (nSPS) is 11.3. The maximum atomic E-state index is 11.7. The molecule has 7 nitrogen and oxygen atoms in total. The lowest BCUT2D eigenvalue weighted by atomic mass is 10.0. The fraction of sp³-hybridized carbons (Fsp3) is 0.793. The molecule has 0 aliphatic heterocycles. The van der Waals surface area contributed by atoms with Gasteiger partial charge < -0.3 is 9.47 Å². The van der Waals surface area contributed by atoms with Gasteiger partial charge in [0.2, 0.25) is 5.88 Å². The summed E-state index contributed by atoms with van der Waals surface area (Å²) in [6, 6.07) is 0. The summed E-state index contributed by atoms with van der Waals surface area (Å²) in [5.41, 5.74) is 1.35. The van der Waals surface area contributed by atoms with Crippen LogP contribution < -0.4 is 4.74 Å².